The number of nitrogens with one attached hydrogen (secondary N) is 1. The van der Waals surface area contributed by atoms with E-state index < -0.39 is 0 Å². The summed E-state index contributed by atoms with van der Waals surface area (Å²) in [4.78, 5) is 1.30. The van der Waals surface area contributed by atoms with Crippen LogP contribution in [0, 0.1) is 5.82 Å². The quantitative estimate of drug-likeness (QED) is 0.838. The summed E-state index contributed by atoms with van der Waals surface area (Å²) in [7, 11) is 2.00. The summed E-state index contributed by atoms with van der Waals surface area (Å²) in [6.07, 6.45) is 6.32. The van der Waals surface area contributed by atoms with E-state index in [9.17, 15) is 4.39 Å². The first-order valence-corrected chi connectivity index (χ1v) is 8.56. The van der Waals surface area contributed by atoms with Gasteiger partial charge in [0.1, 0.15) is 5.82 Å². The van der Waals surface area contributed by atoms with Crippen LogP contribution in [0.1, 0.15) is 43.0 Å². The van der Waals surface area contributed by atoms with Crippen LogP contribution >= 0.6 is 11.3 Å². The summed E-state index contributed by atoms with van der Waals surface area (Å²) in [5, 5.41) is 4.40. The molecular formula is C17H22FNOS. The Morgan fingerprint density at radius 2 is 2.33 bits per heavy atom. The van der Waals surface area contributed by atoms with Gasteiger partial charge in [-0.25, -0.2) is 4.39 Å². The zero-order valence-corrected chi connectivity index (χ0v) is 13.2. The standard InChI is InChI=1S/C17H22FNOS/c1-19-15(6-2-4-14-5-3-9-20-14)17-11-12-10-13(18)7-8-16(12)21-17/h7-8,10-11,14-15,19H,2-6,9H2,1H3. The predicted octanol–water partition coefficient (Wildman–Crippen LogP) is 4.65. The van der Waals surface area contributed by atoms with Crippen molar-refractivity contribution < 1.29 is 9.13 Å². The molecule has 114 valence electrons. The lowest BCUT2D eigenvalue weighted by Gasteiger charge is -2.15. The van der Waals surface area contributed by atoms with Gasteiger partial charge in [0.2, 0.25) is 0 Å². The molecule has 1 aromatic heterocycles. The molecule has 1 aromatic carbocycles. The van der Waals surface area contributed by atoms with Crippen molar-refractivity contribution in [1.29, 1.82) is 0 Å². The lowest BCUT2D eigenvalue weighted by Crippen LogP contribution is -2.16. The van der Waals surface area contributed by atoms with Crippen molar-refractivity contribution in [3.63, 3.8) is 0 Å². The highest BCUT2D eigenvalue weighted by Crippen LogP contribution is 2.33. The maximum absolute atomic E-state index is 13.3. The summed E-state index contributed by atoms with van der Waals surface area (Å²) >= 11 is 1.76. The average molecular weight is 307 g/mol. The number of hydrogen-bond donors (Lipinski definition) is 1. The maximum atomic E-state index is 13.3. The van der Waals surface area contributed by atoms with E-state index in [2.05, 4.69) is 11.4 Å². The summed E-state index contributed by atoms with van der Waals surface area (Å²) in [5.41, 5.74) is 0. The second-order valence-electron chi connectivity index (χ2n) is 5.74. The monoisotopic (exact) mass is 307 g/mol. The van der Waals surface area contributed by atoms with Crippen LogP contribution in [0.3, 0.4) is 0 Å². The minimum atomic E-state index is -0.161. The molecule has 0 spiro atoms. The molecule has 2 atom stereocenters. The largest absolute Gasteiger partial charge is 0.378 e. The zero-order chi connectivity index (χ0) is 14.7. The number of rotatable bonds is 6. The first-order valence-electron chi connectivity index (χ1n) is 7.74. The van der Waals surface area contributed by atoms with Gasteiger partial charge < -0.3 is 10.1 Å². The van der Waals surface area contributed by atoms with Gasteiger partial charge in [0.25, 0.3) is 0 Å². The van der Waals surface area contributed by atoms with E-state index in [1.165, 1.54) is 30.2 Å². The van der Waals surface area contributed by atoms with E-state index in [4.69, 9.17) is 4.74 Å². The Balaban J connectivity index is 1.63. The van der Waals surface area contributed by atoms with Gasteiger partial charge in [-0.05, 0) is 68.8 Å². The van der Waals surface area contributed by atoms with E-state index in [1.54, 1.807) is 17.4 Å². The number of thiophene rings is 1. The number of halogens is 1. The predicted molar refractivity (Wildman–Crippen MR) is 86.4 cm³/mol. The molecule has 0 radical (unpaired) electrons. The van der Waals surface area contributed by atoms with Gasteiger partial charge in [-0.15, -0.1) is 11.3 Å². The Labute approximate surface area is 129 Å². The van der Waals surface area contributed by atoms with Crippen molar-refractivity contribution in [1.82, 2.24) is 5.32 Å². The van der Waals surface area contributed by atoms with Crippen LogP contribution in [0.4, 0.5) is 4.39 Å². The SMILES string of the molecule is CNC(CCCC1CCCO1)c1cc2cc(F)ccc2s1. The molecule has 4 heteroatoms. The van der Waals surface area contributed by atoms with Gasteiger partial charge in [-0.1, -0.05) is 0 Å². The Bertz CT molecular complexity index is 591. The highest BCUT2D eigenvalue weighted by atomic mass is 32.1. The van der Waals surface area contributed by atoms with Gasteiger partial charge in [0.15, 0.2) is 0 Å². The Morgan fingerprint density at radius 3 is 3.10 bits per heavy atom. The molecule has 1 N–H and O–H groups in total. The molecule has 1 saturated heterocycles. The molecule has 3 rings (SSSR count). The molecule has 2 aromatic rings. The molecule has 0 amide bonds. The van der Waals surface area contributed by atoms with Crippen molar-refractivity contribution in [2.45, 2.75) is 44.2 Å². The third-order valence-electron chi connectivity index (χ3n) is 4.23. The Hall–Kier alpha value is -0.970. The molecule has 21 heavy (non-hydrogen) atoms. The first kappa shape index (κ1) is 14.9. The molecule has 0 bridgehead atoms. The van der Waals surface area contributed by atoms with Gasteiger partial charge in [0.05, 0.1) is 6.10 Å². The number of fused-ring (bicyclic) bond motifs is 1. The van der Waals surface area contributed by atoms with Crippen molar-refractivity contribution in [2.24, 2.45) is 0 Å². The average Bonchev–Trinajstić information content (AvgIpc) is 3.12. The van der Waals surface area contributed by atoms with Gasteiger partial charge >= 0.3 is 0 Å². The fourth-order valence-electron chi connectivity index (χ4n) is 3.06. The Kier molecular flexibility index (Phi) is 4.88. The van der Waals surface area contributed by atoms with Gasteiger partial charge in [-0.2, -0.15) is 0 Å². The van der Waals surface area contributed by atoms with E-state index in [1.807, 2.05) is 13.1 Å². The van der Waals surface area contributed by atoms with E-state index >= 15 is 0 Å². The van der Waals surface area contributed by atoms with Crippen molar-refractivity contribution in [3.05, 3.63) is 35.0 Å². The number of hydrogen-bond acceptors (Lipinski definition) is 3. The van der Waals surface area contributed by atoms with Crippen LogP contribution in [-0.2, 0) is 4.74 Å². The molecule has 0 aliphatic carbocycles. The van der Waals surface area contributed by atoms with Gasteiger partial charge in [-0.3, -0.25) is 0 Å². The summed E-state index contributed by atoms with van der Waals surface area (Å²) in [6, 6.07) is 7.50. The molecule has 1 aliphatic rings. The van der Waals surface area contributed by atoms with E-state index in [0.717, 1.165) is 29.5 Å². The third kappa shape index (κ3) is 3.62. The number of ether oxygens (including phenoxy) is 1. The highest BCUT2D eigenvalue weighted by molar-refractivity contribution is 7.19. The Morgan fingerprint density at radius 1 is 1.43 bits per heavy atom. The third-order valence-corrected chi connectivity index (χ3v) is 5.46. The second kappa shape index (κ2) is 6.86. The summed E-state index contributed by atoms with van der Waals surface area (Å²) < 4.78 is 20.1. The molecule has 2 heterocycles. The second-order valence-corrected chi connectivity index (χ2v) is 6.85. The lowest BCUT2D eigenvalue weighted by atomic mass is 10.0. The summed E-state index contributed by atoms with van der Waals surface area (Å²) in [6.45, 7) is 0.933. The first-order chi connectivity index (χ1) is 10.3. The van der Waals surface area contributed by atoms with Crippen LogP contribution in [0.25, 0.3) is 10.1 Å². The van der Waals surface area contributed by atoms with Crippen molar-refractivity contribution >= 4 is 21.4 Å². The molecule has 1 aliphatic heterocycles. The van der Waals surface area contributed by atoms with Crippen molar-refractivity contribution in [2.75, 3.05) is 13.7 Å². The van der Waals surface area contributed by atoms with Crippen LogP contribution in [-0.4, -0.2) is 19.8 Å². The van der Waals surface area contributed by atoms with E-state index in [0.29, 0.717) is 12.1 Å². The fraction of sp³-hybridized carbons (Fsp3) is 0.529. The lowest BCUT2D eigenvalue weighted by molar-refractivity contribution is 0.101. The molecule has 1 fully saturated rings. The summed E-state index contributed by atoms with van der Waals surface area (Å²) in [5.74, 6) is -0.161. The van der Waals surface area contributed by atoms with Crippen LogP contribution in [0.15, 0.2) is 24.3 Å². The normalized spacial score (nSPS) is 20.2. The van der Waals surface area contributed by atoms with Crippen molar-refractivity contribution in [3.8, 4) is 0 Å². The minimum Gasteiger partial charge on any atom is -0.378 e. The number of benzene rings is 1. The molecular weight excluding hydrogens is 285 g/mol. The van der Waals surface area contributed by atoms with E-state index in [-0.39, 0.29) is 5.82 Å². The molecule has 2 unspecified atom stereocenters. The van der Waals surface area contributed by atoms with Gasteiger partial charge in [0, 0.05) is 22.2 Å². The van der Waals surface area contributed by atoms with Crippen LogP contribution < -0.4 is 5.32 Å². The van der Waals surface area contributed by atoms with Crippen LogP contribution in [0.2, 0.25) is 0 Å². The molecule has 0 saturated carbocycles. The fourth-order valence-corrected chi connectivity index (χ4v) is 4.25. The molecule has 2 nitrogen and oxygen atoms in total. The smallest absolute Gasteiger partial charge is 0.123 e. The van der Waals surface area contributed by atoms with Crippen LogP contribution in [0.5, 0.6) is 0 Å². The zero-order valence-electron chi connectivity index (χ0n) is 12.4. The topological polar surface area (TPSA) is 21.3 Å². The highest BCUT2D eigenvalue weighted by Gasteiger charge is 2.17. The maximum Gasteiger partial charge on any atom is 0.123 e. The minimum absolute atomic E-state index is 0.161.